The molecule has 1 fully saturated rings. The van der Waals surface area contributed by atoms with Gasteiger partial charge in [0.15, 0.2) is 6.10 Å². The third-order valence-electron chi connectivity index (χ3n) is 5.14. The quantitative estimate of drug-likeness (QED) is 0.846. The molecule has 0 radical (unpaired) electrons. The number of likely N-dealkylation sites (N-methyl/N-ethyl adjacent to an activating group) is 1. The molecule has 1 aromatic rings. The molecule has 134 valence electrons. The standard InChI is InChI=1S/C19H29ClN2O2/c1-14-12-16(8-9-17(14)20)24-15(2)18(23)21-13-19(22(3)4)10-6-5-7-11-19/h8-9,12,15H,5-7,10-11,13H2,1-4H3,(H,21,23)/t15-/m0/s1. The van der Waals surface area contributed by atoms with E-state index in [4.69, 9.17) is 16.3 Å². The number of amides is 1. The molecule has 1 amide bonds. The van der Waals surface area contributed by atoms with Crippen molar-refractivity contribution in [3.8, 4) is 5.75 Å². The minimum atomic E-state index is -0.534. The number of ether oxygens (including phenoxy) is 1. The number of hydrogen-bond donors (Lipinski definition) is 1. The molecule has 5 heteroatoms. The Labute approximate surface area is 150 Å². The molecule has 0 aromatic heterocycles. The molecule has 24 heavy (non-hydrogen) atoms. The highest BCUT2D eigenvalue weighted by Crippen LogP contribution is 2.31. The largest absolute Gasteiger partial charge is 0.481 e. The Morgan fingerprint density at radius 1 is 1.33 bits per heavy atom. The summed E-state index contributed by atoms with van der Waals surface area (Å²) in [5.74, 6) is 0.592. The summed E-state index contributed by atoms with van der Waals surface area (Å²) in [6.45, 7) is 4.37. The third kappa shape index (κ3) is 4.64. The second-order valence-electron chi connectivity index (χ2n) is 7.07. The van der Waals surface area contributed by atoms with Gasteiger partial charge in [0.25, 0.3) is 5.91 Å². The third-order valence-corrected chi connectivity index (χ3v) is 5.56. The van der Waals surface area contributed by atoms with Gasteiger partial charge in [-0.25, -0.2) is 0 Å². The summed E-state index contributed by atoms with van der Waals surface area (Å²) in [5.41, 5.74) is 1.01. The lowest BCUT2D eigenvalue weighted by molar-refractivity contribution is -0.128. The molecule has 0 aliphatic heterocycles. The van der Waals surface area contributed by atoms with Crippen LogP contribution in [0.3, 0.4) is 0 Å². The van der Waals surface area contributed by atoms with Gasteiger partial charge >= 0.3 is 0 Å². The van der Waals surface area contributed by atoms with Gasteiger partial charge in [-0.05, 0) is 64.5 Å². The van der Waals surface area contributed by atoms with Crippen LogP contribution >= 0.6 is 11.6 Å². The van der Waals surface area contributed by atoms with Crippen molar-refractivity contribution in [3.05, 3.63) is 28.8 Å². The van der Waals surface area contributed by atoms with E-state index >= 15 is 0 Å². The normalized spacial score (nSPS) is 18.2. The summed E-state index contributed by atoms with van der Waals surface area (Å²) in [6, 6.07) is 5.44. The van der Waals surface area contributed by atoms with Crippen molar-refractivity contribution >= 4 is 17.5 Å². The molecule has 1 aliphatic rings. The number of nitrogens with one attached hydrogen (secondary N) is 1. The maximum Gasteiger partial charge on any atom is 0.260 e. The topological polar surface area (TPSA) is 41.6 Å². The van der Waals surface area contributed by atoms with Crippen molar-refractivity contribution in [1.82, 2.24) is 10.2 Å². The SMILES string of the molecule is Cc1cc(O[C@@H](C)C(=O)NCC2(N(C)C)CCCCC2)ccc1Cl. The average molecular weight is 353 g/mol. The van der Waals surface area contributed by atoms with Crippen LogP contribution < -0.4 is 10.1 Å². The van der Waals surface area contributed by atoms with E-state index in [0.29, 0.717) is 17.3 Å². The molecule has 1 atom stereocenters. The van der Waals surface area contributed by atoms with Crippen molar-refractivity contribution in [2.24, 2.45) is 0 Å². The van der Waals surface area contributed by atoms with Gasteiger partial charge in [-0.3, -0.25) is 4.79 Å². The molecule has 1 aliphatic carbocycles. The zero-order chi connectivity index (χ0) is 17.7. The molecule has 2 rings (SSSR count). The van der Waals surface area contributed by atoms with Crippen molar-refractivity contribution in [1.29, 1.82) is 0 Å². The lowest BCUT2D eigenvalue weighted by Gasteiger charge is -2.43. The highest BCUT2D eigenvalue weighted by Gasteiger charge is 2.34. The Hall–Kier alpha value is -1.26. The average Bonchev–Trinajstić information content (AvgIpc) is 2.56. The fourth-order valence-electron chi connectivity index (χ4n) is 3.34. The first-order valence-electron chi connectivity index (χ1n) is 8.72. The van der Waals surface area contributed by atoms with Gasteiger partial charge in [0.05, 0.1) is 0 Å². The number of carbonyl (C=O) groups is 1. The Kier molecular flexibility index (Phi) is 6.53. The molecule has 4 nitrogen and oxygen atoms in total. The van der Waals surface area contributed by atoms with Gasteiger partial charge in [0.2, 0.25) is 0 Å². The molecule has 0 heterocycles. The van der Waals surface area contributed by atoms with Crippen LogP contribution in [-0.2, 0) is 4.79 Å². The summed E-state index contributed by atoms with van der Waals surface area (Å²) in [7, 11) is 4.21. The molecule has 1 N–H and O–H groups in total. The van der Waals surface area contributed by atoms with E-state index in [1.807, 2.05) is 13.0 Å². The number of nitrogens with zero attached hydrogens (tertiary/aromatic N) is 1. The van der Waals surface area contributed by atoms with E-state index in [9.17, 15) is 4.79 Å². The number of benzene rings is 1. The highest BCUT2D eigenvalue weighted by atomic mass is 35.5. The van der Waals surface area contributed by atoms with Crippen molar-refractivity contribution in [2.45, 2.75) is 57.6 Å². The lowest BCUT2D eigenvalue weighted by Crippen LogP contribution is -2.55. The number of rotatable bonds is 6. The first kappa shape index (κ1) is 19.1. The molecule has 0 bridgehead atoms. The maximum atomic E-state index is 12.4. The van der Waals surface area contributed by atoms with Crippen LogP contribution in [0.15, 0.2) is 18.2 Å². The van der Waals surface area contributed by atoms with Gasteiger partial charge in [-0.15, -0.1) is 0 Å². The Balaban J connectivity index is 1.92. The summed E-state index contributed by atoms with van der Waals surface area (Å²) < 4.78 is 5.76. The first-order chi connectivity index (χ1) is 11.3. The molecule has 0 saturated heterocycles. The summed E-state index contributed by atoms with van der Waals surface area (Å²) >= 11 is 6.02. The summed E-state index contributed by atoms with van der Waals surface area (Å²) in [5, 5.41) is 3.79. The minimum absolute atomic E-state index is 0.0739. The number of carbonyl (C=O) groups excluding carboxylic acids is 1. The van der Waals surface area contributed by atoms with Gasteiger partial charge in [-0.2, -0.15) is 0 Å². The van der Waals surface area contributed by atoms with Gasteiger partial charge in [-0.1, -0.05) is 30.9 Å². The van der Waals surface area contributed by atoms with Gasteiger partial charge in [0, 0.05) is 17.1 Å². The lowest BCUT2D eigenvalue weighted by atomic mass is 9.80. The fourth-order valence-corrected chi connectivity index (χ4v) is 3.45. The Morgan fingerprint density at radius 2 is 2.00 bits per heavy atom. The van der Waals surface area contributed by atoms with Crippen LogP contribution in [0, 0.1) is 6.92 Å². The maximum absolute atomic E-state index is 12.4. The molecular weight excluding hydrogens is 324 g/mol. The van der Waals surface area contributed by atoms with Crippen LogP contribution in [0.4, 0.5) is 0 Å². The predicted octanol–water partition coefficient (Wildman–Crippen LogP) is 3.80. The molecule has 1 saturated carbocycles. The minimum Gasteiger partial charge on any atom is -0.481 e. The smallest absolute Gasteiger partial charge is 0.260 e. The van der Waals surface area contributed by atoms with E-state index in [0.717, 1.165) is 18.4 Å². The number of hydrogen-bond acceptors (Lipinski definition) is 3. The second-order valence-corrected chi connectivity index (χ2v) is 7.48. The highest BCUT2D eigenvalue weighted by molar-refractivity contribution is 6.31. The summed E-state index contributed by atoms with van der Waals surface area (Å²) in [4.78, 5) is 14.7. The van der Waals surface area contributed by atoms with Crippen molar-refractivity contribution in [3.63, 3.8) is 0 Å². The van der Waals surface area contributed by atoms with Crippen LogP contribution in [0.2, 0.25) is 5.02 Å². The summed E-state index contributed by atoms with van der Waals surface area (Å²) in [6.07, 6.45) is 5.47. The second kappa shape index (κ2) is 8.21. The molecule has 1 aromatic carbocycles. The molecule has 0 spiro atoms. The van der Waals surface area contributed by atoms with Crippen LogP contribution in [-0.4, -0.2) is 43.1 Å². The van der Waals surface area contributed by atoms with Crippen LogP contribution in [0.25, 0.3) is 0 Å². The van der Waals surface area contributed by atoms with E-state index < -0.39 is 6.10 Å². The number of aryl methyl sites for hydroxylation is 1. The van der Waals surface area contributed by atoms with E-state index in [1.54, 1.807) is 19.1 Å². The predicted molar refractivity (Wildman–Crippen MR) is 98.8 cm³/mol. The van der Waals surface area contributed by atoms with Crippen molar-refractivity contribution < 1.29 is 9.53 Å². The fraction of sp³-hybridized carbons (Fsp3) is 0.632. The van der Waals surface area contributed by atoms with Crippen molar-refractivity contribution in [2.75, 3.05) is 20.6 Å². The van der Waals surface area contributed by atoms with E-state index in [1.165, 1.54) is 19.3 Å². The monoisotopic (exact) mass is 352 g/mol. The Bertz CT molecular complexity index is 568. The zero-order valence-corrected chi connectivity index (χ0v) is 15.9. The zero-order valence-electron chi connectivity index (χ0n) is 15.2. The van der Waals surface area contributed by atoms with Crippen LogP contribution in [0.1, 0.15) is 44.6 Å². The number of halogens is 1. The van der Waals surface area contributed by atoms with Crippen LogP contribution in [0.5, 0.6) is 5.75 Å². The van der Waals surface area contributed by atoms with E-state index in [2.05, 4.69) is 24.3 Å². The Morgan fingerprint density at radius 3 is 2.58 bits per heavy atom. The van der Waals surface area contributed by atoms with Gasteiger partial charge < -0.3 is 15.0 Å². The first-order valence-corrected chi connectivity index (χ1v) is 9.10. The molecular formula is C19H29ClN2O2. The molecule has 0 unspecified atom stereocenters. The van der Waals surface area contributed by atoms with E-state index in [-0.39, 0.29) is 11.4 Å². The van der Waals surface area contributed by atoms with Gasteiger partial charge in [0.1, 0.15) is 5.75 Å².